The Morgan fingerprint density at radius 3 is 2.92 bits per heavy atom. The maximum atomic E-state index is 11.2. The summed E-state index contributed by atoms with van der Waals surface area (Å²) < 4.78 is 0. The van der Waals surface area contributed by atoms with Crippen LogP contribution in [0.5, 0.6) is 0 Å². The van der Waals surface area contributed by atoms with Gasteiger partial charge in [0.2, 0.25) is 5.91 Å². The van der Waals surface area contributed by atoms with Crippen LogP contribution in [-0.4, -0.2) is 13.0 Å². The van der Waals surface area contributed by atoms with Crippen molar-refractivity contribution in [2.75, 3.05) is 7.05 Å². The monoisotopic (exact) mass is 175 g/mol. The highest BCUT2D eigenvalue weighted by atomic mass is 16.1. The molecule has 0 bridgehead atoms. The van der Waals surface area contributed by atoms with Crippen LogP contribution in [0.15, 0.2) is 23.8 Å². The van der Waals surface area contributed by atoms with Gasteiger partial charge in [-0.3, -0.25) is 4.79 Å². The molecule has 0 spiro atoms. The predicted octanol–water partition coefficient (Wildman–Crippen LogP) is 1.26. The lowest BCUT2D eigenvalue weighted by molar-refractivity contribution is -0.123. The van der Waals surface area contributed by atoms with Gasteiger partial charge < -0.3 is 5.32 Å². The van der Waals surface area contributed by atoms with E-state index in [1.165, 1.54) is 0 Å². The molecule has 0 saturated carbocycles. The van der Waals surface area contributed by atoms with E-state index in [-0.39, 0.29) is 11.8 Å². The Kier molecular flexibility index (Phi) is 3.33. The van der Waals surface area contributed by atoms with Crippen molar-refractivity contribution in [3.8, 4) is 11.8 Å². The van der Waals surface area contributed by atoms with Gasteiger partial charge >= 0.3 is 0 Å². The molecule has 0 radical (unpaired) electrons. The molecule has 1 atom stereocenters. The van der Waals surface area contributed by atoms with Crippen LogP contribution in [0, 0.1) is 17.8 Å². The molecule has 0 heterocycles. The molecule has 2 nitrogen and oxygen atoms in total. The number of hydrogen-bond donors (Lipinski definition) is 1. The lowest BCUT2D eigenvalue weighted by Gasteiger charge is -2.11. The zero-order valence-electron chi connectivity index (χ0n) is 7.92. The fraction of sp³-hybridized carbons (Fsp3) is 0.364. The standard InChI is InChI=1S/C11H13NO/c1-3-4-9-5-7-10(8-6-9)11(13)12-2/h5-7,10H,8H2,1-2H3,(H,12,13). The summed E-state index contributed by atoms with van der Waals surface area (Å²) in [5.41, 5.74) is 1.00. The maximum absolute atomic E-state index is 11.2. The van der Waals surface area contributed by atoms with E-state index in [1.807, 2.05) is 18.2 Å². The maximum Gasteiger partial charge on any atom is 0.226 e. The Morgan fingerprint density at radius 1 is 1.69 bits per heavy atom. The minimum Gasteiger partial charge on any atom is -0.359 e. The molecule has 68 valence electrons. The van der Waals surface area contributed by atoms with Crippen molar-refractivity contribution in [1.82, 2.24) is 5.32 Å². The van der Waals surface area contributed by atoms with Gasteiger partial charge in [-0.05, 0) is 13.3 Å². The highest BCUT2D eigenvalue weighted by Crippen LogP contribution is 2.15. The first-order chi connectivity index (χ1) is 6.27. The van der Waals surface area contributed by atoms with Crippen molar-refractivity contribution in [1.29, 1.82) is 0 Å². The Labute approximate surface area is 78.7 Å². The van der Waals surface area contributed by atoms with Crippen molar-refractivity contribution in [2.24, 2.45) is 5.92 Å². The van der Waals surface area contributed by atoms with Crippen LogP contribution in [-0.2, 0) is 4.79 Å². The van der Waals surface area contributed by atoms with Gasteiger partial charge in [-0.2, -0.15) is 0 Å². The van der Waals surface area contributed by atoms with E-state index in [1.54, 1.807) is 14.0 Å². The third kappa shape index (κ3) is 2.48. The third-order valence-electron chi connectivity index (χ3n) is 1.95. The van der Waals surface area contributed by atoms with Crippen LogP contribution >= 0.6 is 0 Å². The molecule has 0 aromatic heterocycles. The molecule has 1 unspecified atom stereocenters. The molecule has 0 aromatic carbocycles. The minimum atomic E-state index is -0.0209. The van der Waals surface area contributed by atoms with Crippen LogP contribution in [0.1, 0.15) is 13.3 Å². The number of nitrogens with one attached hydrogen (secondary N) is 1. The van der Waals surface area contributed by atoms with Crippen LogP contribution in [0.2, 0.25) is 0 Å². The van der Waals surface area contributed by atoms with Crippen molar-refractivity contribution in [3.05, 3.63) is 23.8 Å². The summed E-state index contributed by atoms with van der Waals surface area (Å²) >= 11 is 0. The van der Waals surface area contributed by atoms with Crippen molar-refractivity contribution >= 4 is 5.91 Å². The van der Waals surface area contributed by atoms with Crippen LogP contribution in [0.3, 0.4) is 0 Å². The molecule has 13 heavy (non-hydrogen) atoms. The second kappa shape index (κ2) is 4.51. The molecular formula is C11H13NO. The molecule has 1 amide bonds. The third-order valence-corrected chi connectivity index (χ3v) is 1.95. The van der Waals surface area contributed by atoms with E-state index >= 15 is 0 Å². The summed E-state index contributed by atoms with van der Waals surface area (Å²) in [5.74, 6) is 5.82. The molecule has 1 N–H and O–H groups in total. The minimum absolute atomic E-state index is 0.0209. The van der Waals surface area contributed by atoms with Gasteiger partial charge in [0.05, 0.1) is 5.92 Å². The number of rotatable bonds is 1. The Bertz CT molecular complexity index is 315. The number of carbonyl (C=O) groups excluding carboxylic acids is 1. The lowest BCUT2D eigenvalue weighted by Crippen LogP contribution is -2.26. The summed E-state index contributed by atoms with van der Waals surface area (Å²) in [5, 5.41) is 2.63. The van der Waals surface area contributed by atoms with Gasteiger partial charge in [-0.25, -0.2) is 0 Å². The summed E-state index contributed by atoms with van der Waals surface area (Å²) in [4.78, 5) is 11.2. The number of carbonyl (C=O) groups is 1. The second-order valence-electron chi connectivity index (χ2n) is 2.85. The quantitative estimate of drug-likeness (QED) is 0.597. The molecule has 0 aromatic rings. The molecular weight excluding hydrogens is 162 g/mol. The Hall–Kier alpha value is -1.49. The normalized spacial score (nSPS) is 19.8. The molecule has 0 fully saturated rings. The highest BCUT2D eigenvalue weighted by Gasteiger charge is 2.14. The smallest absolute Gasteiger partial charge is 0.226 e. The largest absolute Gasteiger partial charge is 0.359 e. The summed E-state index contributed by atoms with van der Waals surface area (Å²) in [7, 11) is 1.65. The molecule has 0 aliphatic heterocycles. The van der Waals surface area contributed by atoms with Crippen LogP contribution < -0.4 is 5.32 Å². The second-order valence-corrected chi connectivity index (χ2v) is 2.85. The van der Waals surface area contributed by atoms with E-state index in [9.17, 15) is 4.79 Å². The molecule has 1 aliphatic rings. The average molecular weight is 175 g/mol. The summed E-state index contributed by atoms with van der Waals surface area (Å²) in [6.07, 6.45) is 6.55. The molecule has 1 rings (SSSR count). The SMILES string of the molecule is CC#CC1=CCC(C(=O)NC)C=C1. The van der Waals surface area contributed by atoms with Crippen LogP contribution in [0.4, 0.5) is 0 Å². The van der Waals surface area contributed by atoms with Crippen LogP contribution in [0.25, 0.3) is 0 Å². The fourth-order valence-electron chi connectivity index (χ4n) is 1.24. The average Bonchev–Trinajstić information content (AvgIpc) is 2.18. The van der Waals surface area contributed by atoms with Crippen molar-refractivity contribution in [3.63, 3.8) is 0 Å². The van der Waals surface area contributed by atoms with E-state index < -0.39 is 0 Å². The first kappa shape index (κ1) is 9.60. The number of allylic oxidation sites excluding steroid dienone is 3. The Balaban J connectivity index is 2.61. The topological polar surface area (TPSA) is 29.1 Å². The summed E-state index contributed by atoms with van der Waals surface area (Å²) in [6.45, 7) is 1.81. The molecule has 1 aliphatic carbocycles. The van der Waals surface area contributed by atoms with E-state index in [2.05, 4.69) is 17.2 Å². The van der Waals surface area contributed by atoms with Gasteiger partial charge in [-0.1, -0.05) is 24.1 Å². The number of hydrogen-bond acceptors (Lipinski definition) is 1. The Morgan fingerprint density at radius 2 is 2.46 bits per heavy atom. The highest BCUT2D eigenvalue weighted by molar-refractivity contribution is 5.80. The van der Waals surface area contributed by atoms with Gasteiger partial charge in [0.15, 0.2) is 0 Å². The zero-order valence-corrected chi connectivity index (χ0v) is 7.92. The van der Waals surface area contributed by atoms with Gasteiger partial charge in [0.25, 0.3) is 0 Å². The van der Waals surface area contributed by atoms with E-state index in [0.29, 0.717) is 0 Å². The molecule has 2 heteroatoms. The lowest BCUT2D eigenvalue weighted by atomic mass is 9.96. The van der Waals surface area contributed by atoms with Crippen molar-refractivity contribution < 1.29 is 4.79 Å². The van der Waals surface area contributed by atoms with Crippen molar-refractivity contribution in [2.45, 2.75) is 13.3 Å². The first-order valence-electron chi connectivity index (χ1n) is 4.30. The number of amides is 1. The zero-order chi connectivity index (χ0) is 9.68. The van der Waals surface area contributed by atoms with E-state index in [4.69, 9.17) is 0 Å². The molecule has 0 saturated heterocycles. The predicted molar refractivity (Wildman–Crippen MR) is 52.8 cm³/mol. The van der Waals surface area contributed by atoms with Gasteiger partial charge in [0, 0.05) is 12.6 Å². The van der Waals surface area contributed by atoms with Gasteiger partial charge in [-0.15, -0.1) is 5.92 Å². The fourth-order valence-corrected chi connectivity index (χ4v) is 1.24. The summed E-state index contributed by atoms with van der Waals surface area (Å²) in [6, 6.07) is 0. The van der Waals surface area contributed by atoms with Gasteiger partial charge in [0.1, 0.15) is 0 Å². The first-order valence-corrected chi connectivity index (χ1v) is 4.30. The van der Waals surface area contributed by atoms with E-state index in [0.717, 1.165) is 12.0 Å².